The molecule has 0 bridgehead atoms. The van der Waals surface area contributed by atoms with Crippen LogP contribution in [0.25, 0.3) is 16.4 Å². The van der Waals surface area contributed by atoms with Crippen LogP contribution in [0.2, 0.25) is 0 Å². The van der Waals surface area contributed by atoms with Gasteiger partial charge < -0.3 is 10.1 Å². The van der Waals surface area contributed by atoms with E-state index in [0.29, 0.717) is 19.0 Å². The van der Waals surface area contributed by atoms with Gasteiger partial charge in [0.15, 0.2) is 5.82 Å². The molecule has 7 heteroatoms. The molecule has 2 aromatic heterocycles. The summed E-state index contributed by atoms with van der Waals surface area (Å²) in [5, 5.41) is 9.08. The Morgan fingerprint density at radius 2 is 2.09 bits per heavy atom. The lowest BCUT2D eigenvalue weighted by atomic mass is 10.3. The van der Waals surface area contributed by atoms with E-state index < -0.39 is 0 Å². The molecule has 1 amide bonds. The smallest absolute Gasteiger partial charge is 0.291 e. The minimum absolute atomic E-state index is 0.147. The zero-order valence-corrected chi connectivity index (χ0v) is 13.4. The third-order valence-corrected chi connectivity index (χ3v) is 4.01. The fraction of sp³-hybridized carbons (Fsp3) is 0.188. The Balaban J connectivity index is 1.96. The lowest BCUT2D eigenvalue weighted by Gasteiger charge is -2.03. The van der Waals surface area contributed by atoms with Crippen LogP contribution in [-0.4, -0.2) is 40.9 Å². The van der Waals surface area contributed by atoms with Gasteiger partial charge in [-0.2, -0.15) is 0 Å². The molecule has 0 fully saturated rings. The Morgan fingerprint density at radius 1 is 1.26 bits per heavy atom. The number of nitrogens with zero attached hydrogens (tertiary/aromatic N) is 3. The van der Waals surface area contributed by atoms with Crippen LogP contribution in [0.3, 0.4) is 0 Å². The summed E-state index contributed by atoms with van der Waals surface area (Å²) < 4.78 is 6.62. The van der Waals surface area contributed by atoms with Crippen molar-refractivity contribution in [2.45, 2.75) is 0 Å². The summed E-state index contributed by atoms with van der Waals surface area (Å²) in [4.78, 5) is 17.6. The van der Waals surface area contributed by atoms with Crippen LogP contribution in [0.5, 0.6) is 0 Å². The van der Waals surface area contributed by atoms with Crippen LogP contribution in [0.1, 0.15) is 10.6 Å². The maximum Gasteiger partial charge on any atom is 0.291 e. The minimum atomic E-state index is -0.311. The van der Waals surface area contributed by atoms with Crippen molar-refractivity contribution in [3.8, 4) is 16.4 Å². The zero-order chi connectivity index (χ0) is 16.1. The summed E-state index contributed by atoms with van der Waals surface area (Å²) in [6.45, 7) is 0.868. The van der Waals surface area contributed by atoms with Crippen molar-refractivity contribution in [2.24, 2.45) is 0 Å². The number of methoxy groups -OCH3 is 1. The van der Waals surface area contributed by atoms with Crippen LogP contribution in [0.4, 0.5) is 0 Å². The highest BCUT2D eigenvalue weighted by Crippen LogP contribution is 2.25. The van der Waals surface area contributed by atoms with E-state index >= 15 is 0 Å². The molecule has 0 aliphatic rings. The summed E-state index contributed by atoms with van der Waals surface area (Å²) in [5.41, 5.74) is 0.861. The second kappa shape index (κ2) is 7.17. The van der Waals surface area contributed by atoms with Gasteiger partial charge in [-0.05, 0) is 23.6 Å². The van der Waals surface area contributed by atoms with E-state index in [1.807, 2.05) is 47.8 Å². The fourth-order valence-electron chi connectivity index (χ4n) is 2.07. The van der Waals surface area contributed by atoms with Crippen molar-refractivity contribution in [1.82, 2.24) is 20.1 Å². The Hall–Kier alpha value is -2.51. The molecule has 6 nitrogen and oxygen atoms in total. The van der Waals surface area contributed by atoms with Crippen LogP contribution >= 0.6 is 11.3 Å². The molecule has 118 valence electrons. The quantitative estimate of drug-likeness (QED) is 0.705. The second-order valence-electron chi connectivity index (χ2n) is 4.73. The molecule has 0 aliphatic heterocycles. The number of hydrogen-bond donors (Lipinski definition) is 1. The molecule has 3 rings (SSSR count). The number of carbonyl (C=O) groups excluding carboxylic acids is 1. The second-order valence-corrected chi connectivity index (χ2v) is 5.68. The fourth-order valence-corrected chi connectivity index (χ4v) is 2.77. The highest BCUT2D eigenvalue weighted by molar-refractivity contribution is 7.13. The molecule has 2 heterocycles. The summed E-state index contributed by atoms with van der Waals surface area (Å²) in [6.07, 6.45) is 0. The molecule has 0 spiro atoms. The molecule has 1 N–H and O–H groups in total. The molecule has 3 aromatic rings. The molecular weight excluding hydrogens is 312 g/mol. The lowest BCUT2D eigenvalue weighted by molar-refractivity contribution is 0.0927. The number of ether oxygens (including phenoxy) is 1. The van der Waals surface area contributed by atoms with Crippen LogP contribution in [0.15, 0.2) is 47.8 Å². The highest BCUT2D eigenvalue weighted by atomic mass is 32.1. The van der Waals surface area contributed by atoms with Gasteiger partial charge in [-0.25, -0.2) is 9.67 Å². The first kappa shape index (κ1) is 15.4. The average Bonchev–Trinajstić information content (AvgIpc) is 3.25. The van der Waals surface area contributed by atoms with E-state index in [-0.39, 0.29) is 11.7 Å². The van der Waals surface area contributed by atoms with E-state index in [1.165, 1.54) is 0 Å². The van der Waals surface area contributed by atoms with Gasteiger partial charge in [0.05, 0.1) is 17.2 Å². The Labute approximate surface area is 137 Å². The molecule has 0 saturated heterocycles. The van der Waals surface area contributed by atoms with Gasteiger partial charge in [-0.15, -0.1) is 16.4 Å². The maximum atomic E-state index is 12.2. The van der Waals surface area contributed by atoms with Gasteiger partial charge in [-0.3, -0.25) is 4.79 Å². The molecule has 0 unspecified atom stereocenters. The Bertz CT molecular complexity index is 769. The normalized spacial score (nSPS) is 10.7. The van der Waals surface area contributed by atoms with Gasteiger partial charge >= 0.3 is 0 Å². The molecule has 1 aromatic carbocycles. The van der Waals surface area contributed by atoms with E-state index in [2.05, 4.69) is 15.4 Å². The van der Waals surface area contributed by atoms with Crippen LogP contribution in [0, 0.1) is 0 Å². The highest BCUT2D eigenvalue weighted by Gasteiger charge is 2.18. The molecule has 0 atom stereocenters. The predicted octanol–water partition coefficient (Wildman–Crippen LogP) is 2.37. The van der Waals surface area contributed by atoms with Crippen molar-refractivity contribution in [2.75, 3.05) is 20.3 Å². The Morgan fingerprint density at radius 3 is 2.78 bits per heavy atom. The number of benzene rings is 1. The largest absolute Gasteiger partial charge is 0.383 e. The maximum absolute atomic E-state index is 12.2. The molecule has 0 radical (unpaired) electrons. The number of thiophene rings is 1. The topological polar surface area (TPSA) is 69.0 Å². The van der Waals surface area contributed by atoms with E-state index in [1.54, 1.807) is 23.1 Å². The summed E-state index contributed by atoms with van der Waals surface area (Å²) >= 11 is 1.56. The first-order chi connectivity index (χ1) is 11.3. The van der Waals surface area contributed by atoms with Gasteiger partial charge in [0, 0.05) is 13.7 Å². The Kier molecular flexibility index (Phi) is 4.80. The van der Waals surface area contributed by atoms with E-state index in [4.69, 9.17) is 4.74 Å². The average molecular weight is 328 g/mol. The van der Waals surface area contributed by atoms with Crippen molar-refractivity contribution in [1.29, 1.82) is 0 Å². The number of para-hydroxylation sites is 1. The van der Waals surface area contributed by atoms with Crippen LogP contribution in [-0.2, 0) is 4.74 Å². The third kappa shape index (κ3) is 3.46. The van der Waals surface area contributed by atoms with Crippen molar-refractivity contribution in [3.63, 3.8) is 0 Å². The van der Waals surface area contributed by atoms with Gasteiger partial charge in [0.25, 0.3) is 5.91 Å². The van der Waals surface area contributed by atoms with E-state index in [0.717, 1.165) is 10.6 Å². The number of aromatic nitrogens is 3. The van der Waals surface area contributed by atoms with Gasteiger partial charge in [0.2, 0.25) is 5.82 Å². The number of rotatable bonds is 6. The zero-order valence-electron chi connectivity index (χ0n) is 12.6. The van der Waals surface area contributed by atoms with Crippen LogP contribution < -0.4 is 5.32 Å². The van der Waals surface area contributed by atoms with E-state index in [9.17, 15) is 4.79 Å². The van der Waals surface area contributed by atoms with Crippen molar-refractivity contribution >= 4 is 17.2 Å². The number of nitrogens with one attached hydrogen (secondary N) is 1. The predicted molar refractivity (Wildman–Crippen MR) is 88.9 cm³/mol. The minimum Gasteiger partial charge on any atom is -0.383 e. The summed E-state index contributed by atoms with van der Waals surface area (Å²) in [7, 11) is 1.59. The van der Waals surface area contributed by atoms with Gasteiger partial charge in [0.1, 0.15) is 0 Å². The van der Waals surface area contributed by atoms with Gasteiger partial charge in [-0.1, -0.05) is 24.3 Å². The number of hydrogen-bond acceptors (Lipinski definition) is 5. The van der Waals surface area contributed by atoms with Crippen molar-refractivity contribution < 1.29 is 9.53 Å². The third-order valence-electron chi connectivity index (χ3n) is 3.14. The first-order valence-electron chi connectivity index (χ1n) is 7.13. The monoisotopic (exact) mass is 328 g/mol. The molecule has 0 aliphatic carbocycles. The molecule has 23 heavy (non-hydrogen) atoms. The summed E-state index contributed by atoms with van der Waals surface area (Å²) in [6, 6.07) is 13.5. The number of amides is 1. The van der Waals surface area contributed by atoms with Crippen molar-refractivity contribution in [3.05, 3.63) is 53.7 Å². The summed E-state index contributed by atoms with van der Waals surface area (Å²) in [5.74, 6) is 0.492. The first-order valence-corrected chi connectivity index (χ1v) is 8.01. The molecule has 0 saturated carbocycles. The SMILES string of the molecule is COCCNC(=O)c1nc(-c2cccs2)n(-c2ccccc2)n1. The lowest BCUT2D eigenvalue weighted by Crippen LogP contribution is -2.28. The molecular formula is C16H16N4O2S. The standard InChI is InChI=1S/C16H16N4O2S/c1-22-10-9-17-16(21)14-18-15(13-8-5-11-23-13)20(19-14)12-6-3-2-4-7-12/h2-8,11H,9-10H2,1H3,(H,17,21). The number of carbonyl (C=O) groups is 1.